The van der Waals surface area contributed by atoms with Gasteiger partial charge in [-0.1, -0.05) is 59.6 Å². The van der Waals surface area contributed by atoms with Gasteiger partial charge in [-0.15, -0.1) is 0 Å². The molecule has 0 spiro atoms. The van der Waals surface area contributed by atoms with E-state index in [0.29, 0.717) is 46.4 Å². The molecule has 2 aromatic carbocycles. The van der Waals surface area contributed by atoms with E-state index in [1.807, 2.05) is 74.5 Å². The third-order valence-electron chi connectivity index (χ3n) is 6.98. The molecule has 2 aliphatic rings. The first-order chi connectivity index (χ1) is 20.6. The van der Waals surface area contributed by atoms with E-state index in [4.69, 9.17) is 42.6 Å². The van der Waals surface area contributed by atoms with Crippen LogP contribution >= 0.6 is 23.2 Å². The number of hydrogen-bond donors (Lipinski definition) is 2. The molecule has 2 aliphatic heterocycles. The lowest BCUT2D eigenvalue weighted by Crippen LogP contribution is -2.20. The van der Waals surface area contributed by atoms with Gasteiger partial charge in [0, 0.05) is 35.3 Å². The molecule has 6 rings (SSSR count). The van der Waals surface area contributed by atoms with Gasteiger partial charge in [-0.2, -0.15) is 0 Å². The average Bonchev–Trinajstić information content (AvgIpc) is 3.74. The van der Waals surface area contributed by atoms with E-state index in [2.05, 4.69) is 20.6 Å². The minimum atomic E-state index is 0.484. The normalized spacial score (nSPS) is 14.2. The van der Waals surface area contributed by atoms with Crippen LogP contribution in [0.1, 0.15) is 25.0 Å². The summed E-state index contributed by atoms with van der Waals surface area (Å²) in [5.41, 5.74) is 6.19. The van der Waals surface area contributed by atoms with E-state index >= 15 is 0 Å². The van der Waals surface area contributed by atoms with Gasteiger partial charge in [0.2, 0.25) is 11.8 Å². The maximum Gasteiger partial charge on any atom is 0.225 e. The SMILES string of the molecule is CCOc1nc(-c2cccc(-c3cccc(-c4ccc(C5=NCCN5)c(OCC)n4)c3Cl)c2Cl)ccc1C1=NCCN1. The van der Waals surface area contributed by atoms with Crippen LogP contribution in [0, 0.1) is 0 Å². The summed E-state index contributed by atoms with van der Waals surface area (Å²) in [6, 6.07) is 19.5. The maximum absolute atomic E-state index is 7.07. The lowest BCUT2D eigenvalue weighted by atomic mass is 9.98. The molecule has 2 aromatic heterocycles. The molecule has 0 aliphatic carbocycles. The highest BCUT2D eigenvalue weighted by molar-refractivity contribution is 6.39. The molecule has 0 amide bonds. The van der Waals surface area contributed by atoms with Crippen LogP contribution in [0.15, 0.2) is 70.6 Å². The number of rotatable bonds is 9. The third-order valence-corrected chi connectivity index (χ3v) is 7.80. The second-order valence-corrected chi connectivity index (χ2v) is 10.4. The second-order valence-electron chi connectivity index (χ2n) is 9.61. The Labute approximate surface area is 254 Å². The van der Waals surface area contributed by atoms with E-state index < -0.39 is 0 Å². The Morgan fingerprint density at radius 2 is 1.02 bits per heavy atom. The van der Waals surface area contributed by atoms with Gasteiger partial charge in [0.25, 0.3) is 0 Å². The first-order valence-electron chi connectivity index (χ1n) is 14.0. The van der Waals surface area contributed by atoms with Crippen molar-refractivity contribution in [1.82, 2.24) is 20.6 Å². The van der Waals surface area contributed by atoms with Crippen molar-refractivity contribution in [3.63, 3.8) is 0 Å². The summed E-state index contributed by atoms with van der Waals surface area (Å²) < 4.78 is 11.8. The molecule has 0 bridgehead atoms. The van der Waals surface area contributed by atoms with Crippen LogP contribution in [-0.2, 0) is 0 Å². The smallest absolute Gasteiger partial charge is 0.225 e. The Hall–Kier alpha value is -4.14. The fraction of sp³-hybridized carbons (Fsp3) is 0.250. The van der Waals surface area contributed by atoms with Crippen LogP contribution in [0.5, 0.6) is 11.8 Å². The monoisotopic (exact) mass is 600 g/mol. The first kappa shape index (κ1) is 28.0. The number of halogens is 2. The van der Waals surface area contributed by atoms with Crippen molar-refractivity contribution in [2.24, 2.45) is 9.98 Å². The number of pyridine rings is 2. The van der Waals surface area contributed by atoms with E-state index in [1.165, 1.54) is 0 Å². The zero-order valence-corrected chi connectivity index (χ0v) is 24.9. The summed E-state index contributed by atoms with van der Waals surface area (Å²) >= 11 is 14.1. The van der Waals surface area contributed by atoms with E-state index in [1.54, 1.807) is 0 Å². The summed E-state index contributed by atoms with van der Waals surface area (Å²) in [6.07, 6.45) is 0. The molecule has 0 unspecified atom stereocenters. The van der Waals surface area contributed by atoms with Crippen molar-refractivity contribution in [3.8, 4) is 45.4 Å². The lowest BCUT2D eigenvalue weighted by molar-refractivity contribution is 0.326. The van der Waals surface area contributed by atoms with E-state index in [0.717, 1.165) is 71.2 Å². The molecule has 214 valence electrons. The summed E-state index contributed by atoms with van der Waals surface area (Å²) in [6.45, 7) is 7.90. The van der Waals surface area contributed by atoms with Gasteiger partial charge in [0.15, 0.2) is 0 Å². The molecule has 4 aromatic rings. The Morgan fingerprint density at radius 1 is 0.595 bits per heavy atom. The molecular formula is C32H30Cl2N6O2. The van der Waals surface area contributed by atoms with Gasteiger partial charge < -0.3 is 20.1 Å². The van der Waals surface area contributed by atoms with Crippen LogP contribution in [0.3, 0.4) is 0 Å². The molecule has 10 heteroatoms. The Kier molecular flexibility index (Phi) is 8.26. The van der Waals surface area contributed by atoms with Crippen molar-refractivity contribution < 1.29 is 9.47 Å². The number of ether oxygens (including phenoxy) is 2. The number of aliphatic imine (C=N–C) groups is 2. The Bertz CT molecular complexity index is 1580. The molecule has 0 fully saturated rings. The van der Waals surface area contributed by atoms with Crippen LogP contribution in [0.4, 0.5) is 0 Å². The van der Waals surface area contributed by atoms with Crippen LogP contribution in [-0.4, -0.2) is 61.0 Å². The summed E-state index contributed by atoms with van der Waals surface area (Å²) in [5.74, 6) is 2.62. The van der Waals surface area contributed by atoms with Crippen molar-refractivity contribution in [1.29, 1.82) is 0 Å². The quantitative estimate of drug-likeness (QED) is 0.235. The Morgan fingerprint density at radius 3 is 1.40 bits per heavy atom. The number of aromatic nitrogens is 2. The first-order valence-corrected chi connectivity index (χ1v) is 14.8. The highest BCUT2D eigenvalue weighted by Crippen LogP contribution is 2.42. The zero-order valence-electron chi connectivity index (χ0n) is 23.4. The molecule has 42 heavy (non-hydrogen) atoms. The number of benzene rings is 2. The van der Waals surface area contributed by atoms with Crippen molar-refractivity contribution >= 4 is 34.9 Å². The molecule has 0 atom stereocenters. The molecule has 2 N–H and O–H groups in total. The molecule has 4 heterocycles. The van der Waals surface area contributed by atoms with E-state index in [-0.39, 0.29) is 0 Å². The highest BCUT2D eigenvalue weighted by atomic mass is 35.5. The van der Waals surface area contributed by atoms with Crippen LogP contribution in [0.2, 0.25) is 10.0 Å². The fourth-order valence-electron chi connectivity index (χ4n) is 5.07. The third kappa shape index (κ3) is 5.40. The predicted octanol–water partition coefficient (Wildman–Crippen LogP) is 6.28. The van der Waals surface area contributed by atoms with E-state index in [9.17, 15) is 0 Å². The number of nitrogens with one attached hydrogen (secondary N) is 2. The van der Waals surface area contributed by atoms with Gasteiger partial charge in [-0.25, -0.2) is 9.97 Å². The summed E-state index contributed by atoms with van der Waals surface area (Å²) in [4.78, 5) is 18.7. The zero-order chi connectivity index (χ0) is 29.1. The highest BCUT2D eigenvalue weighted by Gasteiger charge is 2.21. The number of nitrogens with zero attached hydrogens (tertiary/aromatic N) is 4. The number of amidine groups is 2. The lowest BCUT2D eigenvalue weighted by Gasteiger charge is -2.16. The van der Waals surface area contributed by atoms with Gasteiger partial charge in [-0.05, 0) is 38.1 Å². The summed E-state index contributed by atoms with van der Waals surface area (Å²) in [7, 11) is 0. The van der Waals surface area contributed by atoms with Crippen LogP contribution < -0.4 is 20.1 Å². The number of hydrogen-bond acceptors (Lipinski definition) is 8. The van der Waals surface area contributed by atoms with Gasteiger partial charge in [0.05, 0.1) is 58.9 Å². The Balaban J connectivity index is 1.39. The fourth-order valence-corrected chi connectivity index (χ4v) is 5.72. The topological polar surface area (TPSA) is 93.0 Å². The molecule has 0 radical (unpaired) electrons. The van der Waals surface area contributed by atoms with Crippen molar-refractivity contribution in [2.75, 3.05) is 39.4 Å². The van der Waals surface area contributed by atoms with Crippen molar-refractivity contribution in [2.45, 2.75) is 13.8 Å². The largest absolute Gasteiger partial charge is 0.477 e. The molecule has 0 saturated carbocycles. The molecule has 0 saturated heterocycles. The standard InChI is InChI=1S/C32H30Cl2N6O2/c1-3-41-31-23(29-35-15-16-36-29)11-13-25(39-31)21-9-5-7-19(27(21)33)20-8-6-10-22(28(20)34)26-14-12-24(30-37-17-18-38-30)32(40-26)42-4-2/h5-14H,3-4,15-18H2,1-2H3,(H,35,36)(H,37,38). The molecule has 8 nitrogen and oxygen atoms in total. The predicted molar refractivity (Wildman–Crippen MR) is 170 cm³/mol. The average molecular weight is 602 g/mol. The van der Waals surface area contributed by atoms with Gasteiger partial charge in [0.1, 0.15) is 11.7 Å². The summed E-state index contributed by atoms with van der Waals surface area (Å²) in [5, 5.41) is 7.67. The molecular weight excluding hydrogens is 571 g/mol. The minimum absolute atomic E-state index is 0.484. The second kappa shape index (κ2) is 12.4. The van der Waals surface area contributed by atoms with Crippen LogP contribution in [0.25, 0.3) is 33.6 Å². The van der Waals surface area contributed by atoms with Crippen molar-refractivity contribution in [3.05, 3.63) is 81.8 Å². The van der Waals surface area contributed by atoms with Gasteiger partial charge >= 0.3 is 0 Å². The van der Waals surface area contributed by atoms with Gasteiger partial charge in [-0.3, -0.25) is 9.98 Å². The maximum atomic E-state index is 7.07. The minimum Gasteiger partial charge on any atom is -0.477 e.